The van der Waals surface area contributed by atoms with Gasteiger partial charge in [-0.1, -0.05) is 31.5 Å². The number of carbonyl (C=O) groups is 1. The lowest BCUT2D eigenvalue weighted by molar-refractivity contribution is -0.149. The van der Waals surface area contributed by atoms with E-state index in [0.717, 1.165) is 0 Å². The third kappa shape index (κ3) is 4.94. The van der Waals surface area contributed by atoms with Gasteiger partial charge in [0, 0.05) is 5.54 Å². The van der Waals surface area contributed by atoms with E-state index in [1.54, 1.807) is 6.08 Å². The van der Waals surface area contributed by atoms with Crippen LogP contribution in [-0.2, 0) is 9.53 Å². The zero-order valence-electron chi connectivity index (χ0n) is 8.42. The summed E-state index contributed by atoms with van der Waals surface area (Å²) in [4.78, 5) is 11.4. The summed E-state index contributed by atoms with van der Waals surface area (Å²) in [6, 6.07) is 0. The van der Waals surface area contributed by atoms with E-state index in [-0.39, 0.29) is 17.8 Å². The smallest absolute Gasteiger partial charge is 0.309 e. The van der Waals surface area contributed by atoms with Crippen LogP contribution in [0.2, 0.25) is 0 Å². The molecule has 1 unspecified atom stereocenters. The summed E-state index contributed by atoms with van der Waals surface area (Å²) in [7, 11) is 0. The van der Waals surface area contributed by atoms with Crippen LogP contribution in [0, 0.1) is 11.8 Å². The lowest BCUT2D eigenvalue weighted by Gasteiger charge is -2.16. The molecule has 0 spiro atoms. The fraction of sp³-hybridized carbons (Fsp3) is 0.700. The minimum atomic E-state index is -0.132. The van der Waals surface area contributed by atoms with Crippen molar-refractivity contribution in [2.75, 3.05) is 6.61 Å². The minimum Gasteiger partial charge on any atom is -0.466 e. The predicted molar refractivity (Wildman–Crippen MR) is 54.6 cm³/mol. The van der Waals surface area contributed by atoms with Crippen molar-refractivity contribution in [3.63, 3.8) is 0 Å². The van der Waals surface area contributed by atoms with Gasteiger partial charge in [0.25, 0.3) is 0 Å². The number of hydrogen-bond donors (Lipinski definition) is 0. The van der Waals surface area contributed by atoms with Gasteiger partial charge in [0.1, 0.15) is 0 Å². The third-order valence-corrected chi connectivity index (χ3v) is 2.05. The Kier molecular flexibility index (Phi) is 6.69. The maximum Gasteiger partial charge on any atom is 0.309 e. The Morgan fingerprint density at radius 3 is 2.54 bits per heavy atom. The lowest BCUT2D eigenvalue weighted by atomic mass is 9.93. The van der Waals surface area contributed by atoms with E-state index >= 15 is 0 Å². The highest BCUT2D eigenvalue weighted by Crippen LogP contribution is 2.17. The first-order chi connectivity index (χ1) is 6.13. The van der Waals surface area contributed by atoms with Gasteiger partial charge in [0.15, 0.2) is 0 Å². The second-order valence-corrected chi connectivity index (χ2v) is 3.45. The quantitative estimate of drug-likeness (QED) is 0.644. The lowest BCUT2D eigenvalue weighted by Crippen LogP contribution is -2.22. The first-order valence-electron chi connectivity index (χ1n) is 4.55. The maximum atomic E-state index is 11.4. The number of halogens is 1. The van der Waals surface area contributed by atoms with Crippen molar-refractivity contribution in [3.05, 3.63) is 11.6 Å². The van der Waals surface area contributed by atoms with E-state index in [9.17, 15) is 4.79 Å². The topological polar surface area (TPSA) is 26.3 Å². The second kappa shape index (κ2) is 6.96. The van der Waals surface area contributed by atoms with Crippen LogP contribution in [0.25, 0.3) is 0 Å². The normalized spacial score (nSPS) is 13.6. The molecule has 2 nitrogen and oxygen atoms in total. The number of esters is 1. The molecule has 0 aromatic heterocycles. The second-order valence-electron chi connectivity index (χ2n) is 3.20. The fourth-order valence-electron chi connectivity index (χ4n) is 1.09. The van der Waals surface area contributed by atoms with Gasteiger partial charge in [-0.05, 0) is 19.3 Å². The molecular formula is C10H17ClO2. The van der Waals surface area contributed by atoms with Gasteiger partial charge < -0.3 is 4.74 Å². The summed E-state index contributed by atoms with van der Waals surface area (Å²) >= 11 is 5.40. The van der Waals surface area contributed by atoms with Crippen molar-refractivity contribution in [1.82, 2.24) is 0 Å². The van der Waals surface area contributed by atoms with Crippen LogP contribution in [0.15, 0.2) is 11.6 Å². The molecule has 0 saturated heterocycles. The van der Waals surface area contributed by atoms with Gasteiger partial charge in [0.2, 0.25) is 0 Å². The van der Waals surface area contributed by atoms with Crippen LogP contribution in [0.4, 0.5) is 0 Å². The molecule has 13 heavy (non-hydrogen) atoms. The van der Waals surface area contributed by atoms with Crippen LogP contribution >= 0.6 is 11.6 Å². The molecule has 0 aliphatic carbocycles. The predicted octanol–water partition coefficient (Wildman–Crippen LogP) is 2.96. The molecule has 0 rings (SSSR count). The van der Waals surface area contributed by atoms with Gasteiger partial charge >= 0.3 is 5.97 Å². The van der Waals surface area contributed by atoms with Gasteiger partial charge in [-0.15, -0.1) is 0 Å². The molecule has 0 aliphatic rings. The molecule has 0 bridgehead atoms. The van der Waals surface area contributed by atoms with Crippen molar-refractivity contribution in [2.45, 2.75) is 27.2 Å². The Labute approximate surface area is 84.9 Å². The summed E-state index contributed by atoms with van der Waals surface area (Å²) < 4.78 is 4.95. The molecule has 0 amide bonds. The van der Waals surface area contributed by atoms with Crippen molar-refractivity contribution in [1.29, 1.82) is 0 Å². The first kappa shape index (κ1) is 12.5. The largest absolute Gasteiger partial charge is 0.466 e. The highest BCUT2D eigenvalue weighted by molar-refractivity contribution is 6.25. The van der Waals surface area contributed by atoms with Crippen molar-refractivity contribution in [2.24, 2.45) is 11.8 Å². The van der Waals surface area contributed by atoms with Gasteiger partial charge in [-0.2, -0.15) is 0 Å². The number of allylic oxidation sites excluding steroid dienone is 1. The third-order valence-electron chi connectivity index (χ3n) is 1.87. The summed E-state index contributed by atoms with van der Waals surface area (Å²) in [5.41, 5.74) is 1.44. The molecule has 3 heteroatoms. The van der Waals surface area contributed by atoms with E-state index in [1.807, 2.05) is 20.8 Å². The van der Waals surface area contributed by atoms with E-state index in [2.05, 4.69) is 0 Å². The van der Waals surface area contributed by atoms with Gasteiger partial charge in [-0.25, -0.2) is 0 Å². The molecule has 0 aromatic rings. The van der Waals surface area contributed by atoms with E-state index in [1.165, 1.54) is 5.54 Å². The molecule has 0 aromatic carbocycles. The molecule has 0 saturated carbocycles. The van der Waals surface area contributed by atoms with Gasteiger partial charge in [-0.3, -0.25) is 4.79 Å². The number of rotatable bonds is 5. The first-order valence-corrected chi connectivity index (χ1v) is 4.99. The van der Waals surface area contributed by atoms with E-state index < -0.39 is 0 Å². The minimum absolute atomic E-state index is 0.0741. The highest BCUT2D eigenvalue weighted by Gasteiger charge is 2.21. The molecular weight excluding hydrogens is 188 g/mol. The Morgan fingerprint density at radius 1 is 1.54 bits per heavy atom. The zero-order chi connectivity index (χ0) is 10.3. The highest BCUT2D eigenvalue weighted by atomic mass is 35.5. The summed E-state index contributed by atoms with van der Waals surface area (Å²) in [6.07, 6.45) is 2.43. The van der Waals surface area contributed by atoms with Gasteiger partial charge in [0.05, 0.1) is 12.5 Å². The summed E-state index contributed by atoms with van der Waals surface area (Å²) in [5.74, 6) is 0.0779. The zero-order valence-corrected chi connectivity index (χ0v) is 9.17. The monoisotopic (exact) mass is 204 g/mol. The molecule has 76 valence electrons. The van der Waals surface area contributed by atoms with Crippen LogP contribution in [0.1, 0.15) is 27.2 Å². The Balaban J connectivity index is 4.15. The Hall–Kier alpha value is -0.500. The Bertz CT molecular complexity index is 176. The molecule has 0 N–H and O–H groups in total. The average Bonchev–Trinajstić information content (AvgIpc) is 2.05. The summed E-state index contributed by atoms with van der Waals surface area (Å²) in [5, 5.41) is 0. The Morgan fingerprint density at radius 2 is 2.15 bits per heavy atom. The van der Waals surface area contributed by atoms with Crippen LogP contribution in [0.3, 0.4) is 0 Å². The summed E-state index contributed by atoms with van der Waals surface area (Å²) in [6.45, 7) is 6.26. The van der Waals surface area contributed by atoms with Crippen LogP contribution in [0.5, 0.6) is 0 Å². The number of hydrogen-bond acceptors (Lipinski definition) is 2. The molecule has 0 fully saturated rings. The van der Waals surface area contributed by atoms with E-state index in [4.69, 9.17) is 16.3 Å². The molecule has 0 radical (unpaired) electrons. The SMILES string of the molecule is CCOC(=O)C(CC=CCl)C(C)C. The molecule has 0 heterocycles. The number of ether oxygens (including phenoxy) is 1. The number of carbonyl (C=O) groups excluding carboxylic acids is 1. The van der Waals surface area contributed by atoms with Crippen LogP contribution in [-0.4, -0.2) is 12.6 Å². The maximum absolute atomic E-state index is 11.4. The van der Waals surface area contributed by atoms with Crippen LogP contribution < -0.4 is 0 Å². The molecule has 1 atom stereocenters. The van der Waals surface area contributed by atoms with Crippen molar-refractivity contribution < 1.29 is 9.53 Å². The van der Waals surface area contributed by atoms with Crippen molar-refractivity contribution in [3.8, 4) is 0 Å². The standard InChI is InChI=1S/C10H17ClO2/c1-4-13-10(12)9(8(2)3)6-5-7-11/h5,7-9H,4,6H2,1-3H3. The average molecular weight is 205 g/mol. The van der Waals surface area contributed by atoms with Crippen molar-refractivity contribution >= 4 is 17.6 Å². The fourth-order valence-corrected chi connectivity index (χ4v) is 1.19. The molecule has 0 aliphatic heterocycles. The van der Waals surface area contributed by atoms with E-state index in [0.29, 0.717) is 13.0 Å².